The van der Waals surface area contributed by atoms with Gasteiger partial charge in [-0.15, -0.1) is 10.2 Å². The molecule has 0 aliphatic carbocycles. The van der Waals surface area contributed by atoms with Crippen molar-refractivity contribution < 1.29 is 19.4 Å². The summed E-state index contributed by atoms with van der Waals surface area (Å²) < 4.78 is 6.33. The van der Waals surface area contributed by atoms with E-state index in [0.717, 1.165) is 5.56 Å². The molecule has 0 aliphatic rings. The molecule has 138 valence electrons. The molecule has 1 amide bonds. The van der Waals surface area contributed by atoms with Gasteiger partial charge in [0, 0.05) is 10.9 Å². The number of carbonyl (C=O) groups is 2. The van der Waals surface area contributed by atoms with Gasteiger partial charge >= 0.3 is 5.97 Å². The Labute approximate surface area is 155 Å². The summed E-state index contributed by atoms with van der Waals surface area (Å²) in [6.07, 6.45) is 0. The van der Waals surface area contributed by atoms with E-state index in [9.17, 15) is 14.7 Å². The maximum atomic E-state index is 12.2. The summed E-state index contributed by atoms with van der Waals surface area (Å²) in [7, 11) is 0. The molecule has 27 heavy (non-hydrogen) atoms. The summed E-state index contributed by atoms with van der Waals surface area (Å²) in [4.78, 5) is 24.1. The number of amides is 1. The lowest BCUT2D eigenvalue weighted by Gasteiger charge is -2.06. The highest BCUT2D eigenvalue weighted by molar-refractivity contribution is 5.97. The van der Waals surface area contributed by atoms with Gasteiger partial charge in [0.1, 0.15) is 6.54 Å². The molecule has 0 aliphatic heterocycles. The van der Waals surface area contributed by atoms with Crippen molar-refractivity contribution in [2.45, 2.75) is 20.4 Å². The Bertz CT molecular complexity index is 1020. The molecule has 0 saturated heterocycles. The summed E-state index contributed by atoms with van der Waals surface area (Å²) in [5.74, 6) is -1.24. The summed E-state index contributed by atoms with van der Waals surface area (Å²) in [6.45, 7) is 3.71. The first-order valence-corrected chi connectivity index (χ1v) is 8.49. The van der Waals surface area contributed by atoms with Gasteiger partial charge in [-0.1, -0.05) is 35.9 Å². The number of benzene rings is 2. The minimum Gasteiger partial charge on any atom is -0.493 e. The number of aromatic nitrogens is 1. The molecule has 0 bridgehead atoms. The molecule has 3 aromatic rings. The fourth-order valence-corrected chi connectivity index (χ4v) is 2.72. The van der Waals surface area contributed by atoms with Crippen LogP contribution in [0.5, 0.6) is 5.88 Å². The summed E-state index contributed by atoms with van der Waals surface area (Å²) in [6, 6.07) is 14.0. The number of para-hydroxylation sites is 1. The zero-order valence-corrected chi connectivity index (χ0v) is 15.0. The van der Waals surface area contributed by atoms with Crippen molar-refractivity contribution in [3.63, 3.8) is 0 Å². The fraction of sp³-hybridized carbons (Fsp3) is 0.200. The molecule has 1 heterocycles. The Hall–Kier alpha value is -3.48. The number of aromatic hydroxyl groups is 1. The molecule has 3 rings (SSSR count). The number of hydrogen-bond acceptors (Lipinski definition) is 5. The van der Waals surface area contributed by atoms with E-state index in [-0.39, 0.29) is 24.7 Å². The van der Waals surface area contributed by atoms with Gasteiger partial charge in [0.05, 0.1) is 12.1 Å². The van der Waals surface area contributed by atoms with E-state index in [4.69, 9.17) is 4.74 Å². The highest BCUT2D eigenvalue weighted by Crippen LogP contribution is 2.38. The third-order valence-corrected chi connectivity index (χ3v) is 4.05. The van der Waals surface area contributed by atoms with E-state index >= 15 is 0 Å². The molecule has 0 unspecified atom stereocenters. The van der Waals surface area contributed by atoms with Gasteiger partial charge < -0.3 is 9.84 Å². The van der Waals surface area contributed by atoms with Crippen LogP contribution in [0.25, 0.3) is 10.9 Å². The number of aryl methyl sites for hydroxylation is 1. The van der Waals surface area contributed by atoms with Gasteiger partial charge in [0.2, 0.25) is 5.88 Å². The Morgan fingerprint density at radius 3 is 2.52 bits per heavy atom. The van der Waals surface area contributed by atoms with Gasteiger partial charge in [0.15, 0.2) is 5.69 Å². The lowest BCUT2D eigenvalue weighted by atomic mass is 10.1. The van der Waals surface area contributed by atoms with Gasteiger partial charge in [-0.25, -0.2) is 0 Å². The van der Waals surface area contributed by atoms with E-state index in [0.29, 0.717) is 16.5 Å². The quantitative estimate of drug-likeness (QED) is 0.543. The summed E-state index contributed by atoms with van der Waals surface area (Å²) in [5.41, 5.74) is 2.16. The van der Waals surface area contributed by atoms with Crippen molar-refractivity contribution in [1.29, 1.82) is 0 Å². The van der Waals surface area contributed by atoms with Crippen molar-refractivity contribution >= 4 is 28.5 Å². The third kappa shape index (κ3) is 3.87. The number of fused-ring (bicyclic) bond motifs is 1. The SMILES string of the molecule is CCOC(=O)Cn1c(O)c(N=NC(=O)c2ccc(C)cc2)c2ccccc21. The van der Waals surface area contributed by atoms with Crippen LogP contribution in [0.3, 0.4) is 0 Å². The van der Waals surface area contributed by atoms with Crippen molar-refractivity contribution in [2.24, 2.45) is 10.2 Å². The van der Waals surface area contributed by atoms with Crippen molar-refractivity contribution in [3.05, 3.63) is 59.7 Å². The number of hydrogen-bond donors (Lipinski definition) is 1. The van der Waals surface area contributed by atoms with Crippen LogP contribution in [0.15, 0.2) is 58.8 Å². The monoisotopic (exact) mass is 365 g/mol. The average Bonchev–Trinajstić information content (AvgIpc) is 2.92. The molecule has 1 N–H and O–H groups in total. The molecule has 7 heteroatoms. The molecule has 0 atom stereocenters. The Morgan fingerprint density at radius 2 is 1.81 bits per heavy atom. The number of ether oxygens (including phenoxy) is 1. The first-order valence-electron chi connectivity index (χ1n) is 8.49. The highest BCUT2D eigenvalue weighted by atomic mass is 16.5. The Morgan fingerprint density at radius 1 is 1.11 bits per heavy atom. The predicted octanol–water partition coefficient (Wildman–Crippen LogP) is 4.14. The average molecular weight is 365 g/mol. The van der Waals surface area contributed by atoms with Crippen molar-refractivity contribution in [2.75, 3.05) is 6.61 Å². The number of nitrogens with zero attached hydrogens (tertiary/aromatic N) is 3. The van der Waals surface area contributed by atoms with Crippen molar-refractivity contribution in [3.8, 4) is 5.88 Å². The predicted molar refractivity (Wildman–Crippen MR) is 100 cm³/mol. The van der Waals surface area contributed by atoms with Crippen LogP contribution in [0, 0.1) is 6.92 Å². The largest absolute Gasteiger partial charge is 0.493 e. The smallest absolute Gasteiger partial charge is 0.326 e. The second-order valence-corrected chi connectivity index (χ2v) is 5.95. The van der Waals surface area contributed by atoms with E-state index < -0.39 is 11.9 Å². The summed E-state index contributed by atoms with van der Waals surface area (Å²) >= 11 is 0. The topological polar surface area (TPSA) is 93.2 Å². The maximum Gasteiger partial charge on any atom is 0.326 e. The number of rotatable bonds is 5. The van der Waals surface area contributed by atoms with E-state index in [1.807, 2.05) is 19.1 Å². The van der Waals surface area contributed by atoms with Gasteiger partial charge in [-0.05, 0) is 32.0 Å². The lowest BCUT2D eigenvalue weighted by molar-refractivity contribution is -0.143. The minimum atomic E-state index is -0.517. The van der Waals surface area contributed by atoms with E-state index in [1.54, 1.807) is 43.3 Å². The van der Waals surface area contributed by atoms with Crippen LogP contribution in [0.2, 0.25) is 0 Å². The molecule has 1 aromatic heterocycles. The van der Waals surface area contributed by atoms with Crippen LogP contribution in [-0.2, 0) is 16.1 Å². The number of carbonyl (C=O) groups excluding carboxylic acids is 2. The Kier molecular flexibility index (Phi) is 5.30. The van der Waals surface area contributed by atoms with Gasteiger partial charge in [-0.3, -0.25) is 14.2 Å². The lowest BCUT2D eigenvalue weighted by Crippen LogP contribution is -2.12. The zero-order chi connectivity index (χ0) is 19.4. The zero-order valence-electron chi connectivity index (χ0n) is 15.0. The Balaban J connectivity index is 1.96. The van der Waals surface area contributed by atoms with E-state index in [1.165, 1.54) is 4.57 Å². The molecular weight excluding hydrogens is 346 g/mol. The first kappa shape index (κ1) is 18.3. The number of esters is 1. The molecule has 7 nitrogen and oxygen atoms in total. The molecular formula is C20H19N3O4. The first-order chi connectivity index (χ1) is 13.0. The second-order valence-electron chi connectivity index (χ2n) is 5.95. The van der Waals surface area contributed by atoms with Crippen LogP contribution >= 0.6 is 0 Å². The highest BCUT2D eigenvalue weighted by Gasteiger charge is 2.19. The summed E-state index contributed by atoms with van der Waals surface area (Å²) in [5, 5.41) is 18.8. The molecule has 0 fully saturated rings. The van der Waals surface area contributed by atoms with Crippen molar-refractivity contribution in [1.82, 2.24) is 4.57 Å². The van der Waals surface area contributed by atoms with Gasteiger partial charge in [-0.2, -0.15) is 0 Å². The molecule has 0 saturated carbocycles. The maximum absolute atomic E-state index is 12.2. The van der Waals surface area contributed by atoms with Crippen LogP contribution in [-0.4, -0.2) is 28.2 Å². The molecule has 2 aromatic carbocycles. The molecule has 0 radical (unpaired) electrons. The van der Waals surface area contributed by atoms with Crippen LogP contribution in [0.4, 0.5) is 5.69 Å². The normalized spacial score (nSPS) is 11.2. The second kappa shape index (κ2) is 7.82. The minimum absolute atomic E-state index is 0.135. The van der Waals surface area contributed by atoms with Crippen LogP contribution < -0.4 is 0 Å². The third-order valence-electron chi connectivity index (χ3n) is 4.05. The number of azo groups is 1. The van der Waals surface area contributed by atoms with Crippen LogP contribution in [0.1, 0.15) is 22.8 Å². The standard InChI is InChI=1S/C20H19N3O4/c1-3-27-17(24)12-23-16-7-5-4-6-15(16)18(20(23)26)21-22-19(25)14-10-8-13(2)9-11-14/h4-11,26H,3,12H2,1-2H3. The fourth-order valence-electron chi connectivity index (χ4n) is 2.72. The van der Waals surface area contributed by atoms with Gasteiger partial charge in [0.25, 0.3) is 5.91 Å². The van der Waals surface area contributed by atoms with E-state index in [2.05, 4.69) is 10.2 Å². The molecule has 0 spiro atoms.